The number of aliphatic hydroxyl groups is 1. The molecule has 2 heterocycles. The predicted octanol–water partition coefficient (Wildman–Crippen LogP) is -1.50. The van der Waals surface area contributed by atoms with E-state index in [2.05, 4.69) is 14.8 Å². The van der Waals surface area contributed by atoms with Crippen LogP contribution in [0.15, 0.2) is 17.1 Å². The van der Waals surface area contributed by atoms with Gasteiger partial charge in [0.05, 0.1) is 12.7 Å². The van der Waals surface area contributed by atoms with Gasteiger partial charge in [-0.2, -0.15) is 4.98 Å². The van der Waals surface area contributed by atoms with Crippen LogP contribution in [0.2, 0.25) is 0 Å². The smallest absolute Gasteiger partial charge is 0.469 e. The Balaban J connectivity index is 2.03. The van der Waals surface area contributed by atoms with E-state index in [4.69, 9.17) is 19.6 Å². The van der Waals surface area contributed by atoms with Crippen LogP contribution in [0.4, 0.5) is 5.82 Å². The fourth-order valence-corrected chi connectivity index (χ4v) is 2.44. The standard InChI is InChI=1S/C11H16N3O9P/c15-6-3-9(23-7(6)5-22-24(19,20)21)14-2-1-8(13-11(14)18)12-4-10(16)17/h1-2,6-7,9,15H,3-5H2,(H,16,17)(H,12,13,18)(H2,19,20,21)/t6-,7+,9+/m0/s1. The molecule has 0 saturated carbocycles. The van der Waals surface area contributed by atoms with E-state index in [1.807, 2.05) is 0 Å². The van der Waals surface area contributed by atoms with E-state index in [9.17, 15) is 19.3 Å². The van der Waals surface area contributed by atoms with Crippen LogP contribution >= 0.6 is 7.82 Å². The first-order chi connectivity index (χ1) is 11.2. The number of ether oxygens (including phenoxy) is 1. The SMILES string of the molecule is O=C(O)CNc1ccn([C@H]2C[C@H](O)[C@@H](COP(=O)(O)O)O2)c(=O)n1. The Morgan fingerprint density at radius 1 is 1.54 bits per heavy atom. The summed E-state index contributed by atoms with van der Waals surface area (Å²) < 4.78 is 21.4. The first-order valence-electron chi connectivity index (χ1n) is 6.74. The number of carboxylic acids is 1. The lowest BCUT2D eigenvalue weighted by atomic mass is 10.2. The third-order valence-corrected chi connectivity index (χ3v) is 3.66. The number of anilines is 1. The molecule has 12 nitrogen and oxygen atoms in total. The highest BCUT2D eigenvalue weighted by Gasteiger charge is 2.37. The lowest BCUT2D eigenvalue weighted by Crippen LogP contribution is -2.28. The molecule has 1 aromatic heterocycles. The lowest BCUT2D eigenvalue weighted by Gasteiger charge is -2.16. The van der Waals surface area contributed by atoms with Crippen molar-refractivity contribution in [3.63, 3.8) is 0 Å². The van der Waals surface area contributed by atoms with Gasteiger partial charge in [0.1, 0.15) is 24.7 Å². The number of hydrogen-bond acceptors (Lipinski definition) is 8. The molecular weight excluding hydrogens is 349 g/mol. The van der Waals surface area contributed by atoms with Crippen LogP contribution in [0, 0.1) is 0 Å². The molecule has 0 amide bonds. The van der Waals surface area contributed by atoms with Gasteiger partial charge in [-0.05, 0) is 6.07 Å². The highest BCUT2D eigenvalue weighted by Crippen LogP contribution is 2.38. The third kappa shape index (κ3) is 5.09. The molecule has 1 fully saturated rings. The van der Waals surface area contributed by atoms with E-state index >= 15 is 0 Å². The van der Waals surface area contributed by atoms with E-state index in [-0.39, 0.29) is 12.2 Å². The summed E-state index contributed by atoms with van der Waals surface area (Å²) in [6.45, 7) is -0.945. The maximum Gasteiger partial charge on any atom is 0.469 e. The molecule has 13 heteroatoms. The summed E-state index contributed by atoms with van der Waals surface area (Å²) in [7, 11) is -4.70. The Labute approximate surface area is 134 Å². The van der Waals surface area contributed by atoms with Crippen LogP contribution in [-0.2, 0) is 18.6 Å². The Bertz CT molecular complexity index is 702. The number of phosphoric ester groups is 1. The minimum atomic E-state index is -4.70. The molecule has 0 spiro atoms. The zero-order chi connectivity index (χ0) is 17.9. The third-order valence-electron chi connectivity index (χ3n) is 3.17. The minimum Gasteiger partial charge on any atom is -0.480 e. The first-order valence-corrected chi connectivity index (χ1v) is 8.27. The highest BCUT2D eigenvalue weighted by atomic mass is 31.2. The second-order valence-corrected chi connectivity index (χ2v) is 6.21. The van der Waals surface area contributed by atoms with Crippen molar-refractivity contribution in [2.75, 3.05) is 18.5 Å². The molecule has 2 rings (SSSR count). The fourth-order valence-electron chi connectivity index (χ4n) is 2.10. The molecule has 0 unspecified atom stereocenters. The number of phosphoric acid groups is 1. The lowest BCUT2D eigenvalue weighted by molar-refractivity contribution is -0.134. The van der Waals surface area contributed by atoms with Crippen LogP contribution < -0.4 is 11.0 Å². The van der Waals surface area contributed by atoms with E-state index in [0.29, 0.717) is 0 Å². The number of aliphatic hydroxyl groups excluding tert-OH is 1. The summed E-state index contributed by atoms with van der Waals surface area (Å²) in [4.78, 5) is 43.3. The average Bonchev–Trinajstić information content (AvgIpc) is 2.83. The van der Waals surface area contributed by atoms with Crippen molar-refractivity contribution in [2.45, 2.75) is 24.9 Å². The monoisotopic (exact) mass is 365 g/mol. The zero-order valence-corrected chi connectivity index (χ0v) is 13.1. The van der Waals surface area contributed by atoms with E-state index in [0.717, 1.165) is 4.57 Å². The van der Waals surface area contributed by atoms with Crippen molar-refractivity contribution in [3.05, 3.63) is 22.7 Å². The van der Waals surface area contributed by atoms with Crippen LogP contribution in [0.1, 0.15) is 12.6 Å². The van der Waals surface area contributed by atoms with Gasteiger partial charge < -0.3 is 30.1 Å². The van der Waals surface area contributed by atoms with Gasteiger partial charge in [0.25, 0.3) is 0 Å². The van der Waals surface area contributed by atoms with Crippen molar-refractivity contribution in [1.82, 2.24) is 9.55 Å². The molecule has 1 saturated heterocycles. The Morgan fingerprint density at radius 2 is 2.25 bits per heavy atom. The summed E-state index contributed by atoms with van der Waals surface area (Å²) in [6.07, 6.45) is -1.68. The van der Waals surface area contributed by atoms with Gasteiger partial charge in [0.15, 0.2) is 0 Å². The molecule has 3 atom stereocenters. The molecule has 1 aliphatic heterocycles. The molecule has 0 aromatic carbocycles. The van der Waals surface area contributed by atoms with Crippen molar-refractivity contribution >= 4 is 19.6 Å². The van der Waals surface area contributed by atoms with Crippen molar-refractivity contribution in [1.29, 1.82) is 0 Å². The fraction of sp³-hybridized carbons (Fsp3) is 0.545. The Hall–Kier alpha value is -1.82. The van der Waals surface area contributed by atoms with Crippen molar-refractivity contribution < 1.29 is 38.6 Å². The minimum absolute atomic E-state index is 0.00132. The molecule has 5 N–H and O–H groups in total. The van der Waals surface area contributed by atoms with Gasteiger partial charge in [-0.3, -0.25) is 13.9 Å². The van der Waals surface area contributed by atoms with E-state index in [1.165, 1.54) is 12.3 Å². The molecule has 0 bridgehead atoms. The number of carbonyl (C=O) groups is 1. The largest absolute Gasteiger partial charge is 0.480 e. The zero-order valence-electron chi connectivity index (χ0n) is 12.2. The summed E-state index contributed by atoms with van der Waals surface area (Å²) in [5.41, 5.74) is -0.737. The van der Waals surface area contributed by atoms with Gasteiger partial charge in [0, 0.05) is 12.6 Å². The Morgan fingerprint density at radius 3 is 2.83 bits per heavy atom. The van der Waals surface area contributed by atoms with Gasteiger partial charge in [-0.1, -0.05) is 0 Å². The van der Waals surface area contributed by atoms with Crippen LogP contribution in [0.25, 0.3) is 0 Å². The normalized spacial score (nSPS) is 24.0. The maximum absolute atomic E-state index is 11.9. The predicted molar refractivity (Wildman–Crippen MR) is 77.2 cm³/mol. The number of carboxylic acid groups (broad SMARTS) is 1. The number of rotatable bonds is 7. The number of nitrogens with zero attached hydrogens (tertiary/aromatic N) is 2. The topological polar surface area (TPSA) is 180 Å². The van der Waals surface area contributed by atoms with Crippen LogP contribution in [0.3, 0.4) is 0 Å². The second-order valence-electron chi connectivity index (χ2n) is 4.97. The highest BCUT2D eigenvalue weighted by molar-refractivity contribution is 7.46. The first kappa shape index (κ1) is 18.5. The van der Waals surface area contributed by atoms with E-state index < -0.39 is 51.1 Å². The molecule has 0 aliphatic carbocycles. The van der Waals surface area contributed by atoms with Crippen molar-refractivity contribution in [3.8, 4) is 0 Å². The van der Waals surface area contributed by atoms with Gasteiger partial charge >= 0.3 is 19.5 Å². The quantitative estimate of drug-likeness (QED) is 0.355. The molecular formula is C11H16N3O9P. The van der Waals surface area contributed by atoms with Gasteiger partial charge in [-0.25, -0.2) is 9.36 Å². The summed E-state index contributed by atoms with van der Waals surface area (Å²) in [5, 5.41) is 20.8. The van der Waals surface area contributed by atoms with E-state index in [1.54, 1.807) is 0 Å². The summed E-state index contributed by atoms with van der Waals surface area (Å²) in [6, 6.07) is 1.36. The molecule has 24 heavy (non-hydrogen) atoms. The number of nitrogens with one attached hydrogen (secondary N) is 1. The van der Waals surface area contributed by atoms with Crippen LogP contribution in [-0.4, -0.2) is 60.9 Å². The Kier molecular flexibility index (Phi) is 5.70. The summed E-state index contributed by atoms with van der Waals surface area (Å²) in [5.74, 6) is -1.05. The molecule has 0 radical (unpaired) electrons. The molecule has 1 aromatic rings. The van der Waals surface area contributed by atoms with Crippen molar-refractivity contribution in [2.24, 2.45) is 0 Å². The number of aromatic nitrogens is 2. The van der Waals surface area contributed by atoms with Crippen LogP contribution in [0.5, 0.6) is 0 Å². The molecule has 1 aliphatic rings. The molecule has 134 valence electrons. The maximum atomic E-state index is 11.9. The number of hydrogen-bond donors (Lipinski definition) is 5. The van der Waals surface area contributed by atoms with Gasteiger partial charge in [0.2, 0.25) is 0 Å². The summed E-state index contributed by atoms with van der Waals surface area (Å²) >= 11 is 0. The van der Waals surface area contributed by atoms with Gasteiger partial charge in [-0.15, -0.1) is 0 Å². The second kappa shape index (κ2) is 7.38. The average molecular weight is 365 g/mol. The number of aliphatic carboxylic acids is 1.